The summed E-state index contributed by atoms with van der Waals surface area (Å²) in [6.07, 6.45) is 3.21. The van der Waals surface area contributed by atoms with Crippen LogP contribution in [-0.4, -0.2) is 29.3 Å². The van der Waals surface area contributed by atoms with Crippen LogP contribution in [0, 0.1) is 11.8 Å². The first kappa shape index (κ1) is 13.4. The van der Waals surface area contributed by atoms with E-state index in [-0.39, 0.29) is 0 Å². The third-order valence-corrected chi connectivity index (χ3v) is 4.06. The van der Waals surface area contributed by atoms with E-state index >= 15 is 0 Å². The number of nitrogens with two attached hydrogens (primary N) is 1. The lowest BCUT2D eigenvalue weighted by Crippen LogP contribution is -2.23. The molecule has 0 spiro atoms. The summed E-state index contributed by atoms with van der Waals surface area (Å²) in [6, 6.07) is 1.92. The Bertz CT molecular complexity index is 387. The summed E-state index contributed by atoms with van der Waals surface area (Å²) in [5.74, 6) is 8.59. The number of aromatic nitrogens is 2. The van der Waals surface area contributed by atoms with Gasteiger partial charge in [-0.1, -0.05) is 25.6 Å². The second-order valence-electron chi connectivity index (χ2n) is 4.98. The molecule has 1 unspecified atom stereocenters. The van der Waals surface area contributed by atoms with Crippen LogP contribution in [0.4, 0.5) is 11.6 Å². The van der Waals surface area contributed by atoms with Crippen molar-refractivity contribution in [3.63, 3.8) is 0 Å². The molecule has 6 heteroatoms. The van der Waals surface area contributed by atoms with E-state index < -0.39 is 0 Å². The Hall–Kier alpha value is -1.01. The molecule has 0 aromatic carbocycles. The molecule has 3 N–H and O–H groups in total. The van der Waals surface area contributed by atoms with Crippen LogP contribution in [0.15, 0.2) is 11.2 Å². The number of hydrazine groups is 1. The molecule has 2 heterocycles. The normalized spacial score (nSPS) is 19.6. The van der Waals surface area contributed by atoms with Gasteiger partial charge in [0.2, 0.25) is 0 Å². The Morgan fingerprint density at radius 3 is 2.83 bits per heavy atom. The SMILES string of the molecule is CSc1nc(NN)cc(N2CCC(C(C)C)C2)n1. The number of nitrogens with one attached hydrogen (secondary N) is 1. The van der Waals surface area contributed by atoms with Gasteiger partial charge >= 0.3 is 0 Å². The lowest BCUT2D eigenvalue weighted by molar-refractivity contribution is 0.422. The van der Waals surface area contributed by atoms with Gasteiger partial charge < -0.3 is 10.3 Å². The number of hydrogen-bond donors (Lipinski definition) is 2. The molecule has 1 fully saturated rings. The smallest absolute Gasteiger partial charge is 0.191 e. The Kier molecular flexibility index (Phi) is 4.29. The van der Waals surface area contributed by atoms with Crippen molar-refractivity contribution < 1.29 is 0 Å². The Balaban J connectivity index is 2.18. The zero-order chi connectivity index (χ0) is 13.1. The highest BCUT2D eigenvalue weighted by molar-refractivity contribution is 7.98. The van der Waals surface area contributed by atoms with Crippen molar-refractivity contribution in [2.24, 2.45) is 17.7 Å². The maximum absolute atomic E-state index is 5.45. The summed E-state index contributed by atoms with van der Waals surface area (Å²) in [7, 11) is 0. The standard InChI is InChI=1S/C12H21N5S/c1-8(2)9-4-5-17(7-9)11-6-10(16-13)14-12(15-11)18-3/h6,8-9H,4-5,7,13H2,1-3H3,(H,14,15,16). The molecule has 1 atom stereocenters. The Labute approximate surface area is 113 Å². The minimum Gasteiger partial charge on any atom is -0.356 e. The molecule has 1 aromatic heterocycles. The average molecular weight is 267 g/mol. The van der Waals surface area contributed by atoms with Gasteiger partial charge in [0.25, 0.3) is 0 Å². The van der Waals surface area contributed by atoms with E-state index in [4.69, 9.17) is 5.84 Å². The molecule has 1 aliphatic rings. The third kappa shape index (κ3) is 2.87. The molecular weight excluding hydrogens is 246 g/mol. The lowest BCUT2D eigenvalue weighted by atomic mass is 9.95. The monoisotopic (exact) mass is 267 g/mol. The number of thioether (sulfide) groups is 1. The van der Waals surface area contributed by atoms with Crippen molar-refractivity contribution in [3.8, 4) is 0 Å². The zero-order valence-corrected chi connectivity index (χ0v) is 12.0. The topological polar surface area (TPSA) is 67.1 Å². The van der Waals surface area contributed by atoms with Crippen LogP contribution in [-0.2, 0) is 0 Å². The molecule has 1 aromatic rings. The zero-order valence-electron chi connectivity index (χ0n) is 11.2. The van der Waals surface area contributed by atoms with Gasteiger partial charge in [-0.15, -0.1) is 0 Å². The van der Waals surface area contributed by atoms with E-state index in [9.17, 15) is 0 Å². The van der Waals surface area contributed by atoms with Crippen molar-refractivity contribution >= 4 is 23.4 Å². The molecule has 1 saturated heterocycles. The fraction of sp³-hybridized carbons (Fsp3) is 0.667. The predicted octanol–water partition coefficient (Wildman–Crippen LogP) is 1.97. The van der Waals surface area contributed by atoms with Crippen LogP contribution in [0.5, 0.6) is 0 Å². The van der Waals surface area contributed by atoms with E-state index in [2.05, 4.69) is 34.1 Å². The third-order valence-electron chi connectivity index (χ3n) is 3.51. The molecule has 100 valence electrons. The van der Waals surface area contributed by atoms with Crippen molar-refractivity contribution in [1.82, 2.24) is 9.97 Å². The van der Waals surface area contributed by atoms with E-state index in [1.54, 1.807) is 0 Å². The van der Waals surface area contributed by atoms with Crippen LogP contribution >= 0.6 is 11.8 Å². The van der Waals surface area contributed by atoms with Crippen LogP contribution < -0.4 is 16.2 Å². The summed E-state index contributed by atoms with van der Waals surface area (Å²) in [6.45, 7) is 6.72. The first-order chi connectivity index (χ1) is 8.63. The molecular formula is C12H21N5S. The highest BCUT2D eigenvalue weighted by Gasteiger charge is 2.26. The number of nitrogen functional groups attached to an aromatic ring is 1. The number of anilines is 2. The minimum atomic E-state index is 0.678. The second-order valence-corrected chi connectivity index (χ2v) is 5.75. The van der Waals surface area contributed by atoms with Gasteiger partial charge in [0.1, 0.15) is 11.6 Å². The minimum absolute atomic E-state index is 0.678. The van der Waals surface area contributed by atoms with E-state index in [1.165, 1.54) is 18.2 Å². The van der Waals surface area contributed by atoms with Crippen molar-refractivity contribution in [3.05, 3.63) is 6.07 Å². The number of hydrogen-bond acceptors (Lipinski definition) is 6. The van der Waals surface area contributed by atoms with Crippen LogP contribution in [0.1, 0.15) is 20.3 Å². The average Bonchev–Trinajstić information content (AvgIpc) is 2.87. The fourth-order valence-electron chi connectivity index (χ4n) is 2.28. The predicted molar refractivity (Wildman–Crippen MR) is 76.8 cm³/mol. The molecule has 5 nitrogen and oxygen atoms in total. The fourth-order valence-corrected chi connectivity index (χ4v) is 2.65. The van der Waals surface area contributed by atoms with Gasteiger partial charge in [0.15, 0.2) is 5.16 Å². The van der Waals surface area contributed by atoms with Gasteiger partial charge in [-0.25, -0.2) is 15.8 Å². The molecule has 0 bridgehead atoms. The summed E-state index contributed by atoms with van der Waals surface area (Å²) >= 11 is 1.53. The molecule has 0 amide bonds. The molecule has 18 heavy (non-hydrogen) atoms. The van der Waals surface area contributed by atoms with E-state index in [0.717, 1.165) is 35.9 Å². The summed E-state index contributed by atoms with van der Waals surface area (Å²) < 4.78 is 0. The van der Waals surface area contributed by atoms with Crippen LogP contribution in [0.2, 0.25) is 0 Å². The molecule has 2 rings (SSSR count). The molecule has 0 radical (unpaired) electrons. The van der Waals surface area contributed by atoms with Crippen LogP contribution in [0.3, 0.4) is 0 Å². The quantitative estimate of drug-likeness (QED) is 0.376. The van der Waals surface area contributed by atoms with Gasteiger partial charge in [0.05, 0.1) is 0 Å². The van der Waals surface area contributed by atoms with Crippen molar-refractivity contribution in [2.75, 3.05) is 29.7 Å². The highest BCUT2D eigenvalue weighted by atomic mass is 32.2. The molecule has 0 aliphatic carbocycles. The molecule has 1 aliphatic heterocycles. The first-order valence-corrected chi connectivity index (χ1v) is 7.51. The lowest BCUT2D eigenvalue weighted by Gasteiger charge is -2.19. The maximum atomic E-state index is 5.45. The van der Waals surface area contributed by atoms with Gasteiger partial charge in [-0.3, -0.25) is 0 Å². The first-order valence-electron chi connectivity index (χ1n) is 6.28. The van der Waals surface area contributed by atoms with Crippen LogP contribution in [0.25, 0.3) is 0 Å². The maximum Gasteiger partial charge on any atom is 0.191 e. The summed E-state index contributed by atoms with van der Waals surface area (Å²) in [5.41, 5.74) is 2.61. The number of nitrogens with zero attached hydrogens (tertiary/aromatic N) is 3. The van der Waals surface area contributed by atoms with Gasteiger partial charge in [-0.2, -0.15) is 0 Å². The van der Waals surface area contributed by atoms with E-state index in [1.807, 2.05) is 12.3 Å². The largest absolute Gasteiger partial charge is 0.356 e. The summed E-state index contributed by atoms with van der Waals surface area (Å²) in [4.78, 5) is 11.2. The highest BCUT2D eigenvalue weighted by Crippen LogP contribution is 2.28. The molecule has 0 saturated carbocycles. The van der Waals surface area contributed by atoms with Crippen molar-refractivity contribution in [2.45, 2.75) is 25.4 Å². The summed E-state index contributed by atoms with van der Waals surface area (Å²) in [5, 5.41) is 0.758. The van der Waals surface area contributed by atoms with E-state index in [0.29, 0.717) is 5.82 Å². The number of rotatable bonds is 4. The Morgan fingerprint density at radius 1 is 1.50 bits per heavy atom. The van der Waals surface area contributed by atoms with Gasteiger partial charge in [0, 0.05) is 19.2 Å². The van der Waals surface area contributed by atoms with Gasteiger partial charge in [-0.05, 0) is 24.5 Å². The second kappa shape index (κ2) is 5.75. The van der Waals surface area contributed by atoms with Crippen molar-refractivity contribution in [1.29, 1.82) is 0 Å². The Morgan fingerprint density at radius 2 is 2.28 bits per heavy atom.